The monoisotopic (exact) mass is 345 g/mol. The molecule has 0 bridgehead atoms. The number of carbonyl (C=O) groups is 1. The molecule has 1 aromatic rings. The highest BCUT2D eigenvalue weighted by atomic mass is 32.2. The van der Waals surface area contributed by atoms with Crippen molar-refractivity contribution in [2.24, 2.45) is 0 Å². The van der Waals surface area contributed by atoms with Crippen molar-refractivity contribution < 1.29 is 4.79 Å². The molecule has 1 aromatic carbocycles. The minimum atomic E-state index is 0.262. The van der Waals surface area contributed by atoms with Crippen LogP contribution in [0.3, 0.4) is 0 Å². The zero-order valence-electron chi connectivity index (χ0n) is 14.3. The summed E-state index contributed by atoms with van der Waals surface area (Å²) in [5.41, 5.74) is 3.15. The molecule has 1 N–H and O–H groups in total. The van der Waals surface area contributed by atoms with Crippen molar-refractivity contribution in [1.82, 2.24) is 15.1 Å². The van der Waals surface area contributed by atoms with Crippen LogP contribution in [0.5, 0.6) is 0 Å². The third-order valence-electron chi connectivity index (χ3n) is 5.77. The van der Waals surface area contributed by atoms with Crippen molar-refractivity contribution in [3.8, 4) is 0 Å². The zero-order chi connectivity index (χ0) is 16.4. The number of likely N-dealkylation sites (tertiary alicyclic amines) is 1. The van der Waals surface area contributed by atoms with Crippen LogP contribution in [-0.4, -0.2) is 61.5 Å². The Morgan fingerprint density at radius 3 is 2.79 bits per heavy atom. The Morgan fingerprint density at radius 2 is 1.96 bits per heavy atom. The van der Waals surface area contributed by atoms with E-state index in [-0.39, 0.29) is 5.91 Å². The van der Waals surface area contributed by atoms with Crippen LogP contribution in [0, 0.1) is 0 Å². The van der Waals surface area contributed by atoms with Gasteiger partial charge in [-0.2, -0.15) is 0 Å². The molecule has 4 nitrogen and oxygen atoms in total. The standard InChI is InChI=1S/C19H27N3OS/c23-18-14-20-8-13-22(18)10-3-9-21-11-6-19(7-12-21)17-5-2-1-4-16(17)15-24-19/h1-2,4-5,20H,3,6-15H2. The lowest BCUT2D eigenvalue weighted by molar-refractivity contribution is -0.132. The van der Waals surface area contributed by atoms with Gasteiger partial charge in [0.25, 0.3) is 0 Å². The van der Waals surface area contributed by atoms with E-state index in [4.69, 9.17) is 0 Å². The van der Waals surface area contributed by atoms with Crippen LogP contribution >= 0.6 is 11.8 Å². The van der Waals surface area contributed by atoms with Gasteiger partial charge in [0.05, 0.1) is 6.54 Å². The molecular formula is C19H27N3OS. The fourth-order valence-corrected chi connectivity index (χ4v) is 5.81. The van der Waals surface area contributed by atoms with E-state index in [1.807, 2.05) is 4.90 Å². The van der Waals surface area contributed by atoms with E-state index >= 15 is 0 Å². The van der Waals surface area contributed by atoms with Gasteiger partial charge in [0, 0.05) is 30.1 Å². The molecule has 130 valence electrons. The highest BCUT2D eigenvalue weighted by Crippen LogP contribution is 2.53. The van der Waals surface area contributed by atoms with Gasteiger partial charge in [-0.15, -0.1) is 11.8 Å². The predicted molar refractivity (Wildman–Crippen MR) is 99.2 cm³/mol. The molecule has 1 spiro atoms. The van der Waals surface area contributed by atoms with E-state index in [2.05, 4.69) is 46.2 Å². The molecule has 2 fully saturated rings. The summed E-state index contributed by atoms with van der Waals surface area (Å²) < 4.78 is 0.377. The Bertz CT molecular complexity index is 598. The highest BCUT2D eigenvalue weighted by molar-refractivity contribution is 7.99. The first-order chi connectivity index (χ1) is 11.8. The van der Waals surface area contributed by atoms with Crippen molar-refractivity contribution in [3.05, 3.63) is 35.4 Å². The van der Waals surface area contributed by atoms with Crippen LogP contribution < -0.4 is 5.32 Å². The number of nitrogens with zero attached hydrogens (tertiary/aromatic N) is 2. The number of hydrogen-bond acceptors (Lipinski definition) is 4. The number of amides is 1. The Morgan fingerprint density at radius 1 is 1.12 bits per heavy atom. The van der Waals surface area contributed by atoms with Crippen molar-refractivity contribution in [2.75, 3.05) is 45.8 Å². The molecule has 0 unspecified atom stereocenters. The number of thioether (sulfide) groups is 1. The Balaban J connectivity index is 1.26. The molecule has 0 saturated carbocycles. The van der Waals surface area contributed by atoms with Crippen LogP contribution in [0.1, 0.15) is 30.4 Å². The molecule has 0 atom stereocenters. The summed E-state index contributed by atoms with van der Waals surface area (Å²) >= 11 is 2.16. The molecule has 2 saturated heterocycles. The molecular weight excluding hydrogens is 318 g/mol. The van der Waals surface area contributed by atoms with Crippen LogP contribution in [-0.2, 0) is 15.3 Å². The number of benzene rings is 1. The number of rotatable bonds is 4. The molecule has 3 aliphatic rings. The minimum Gasteiger partial charge on any atom is -0.340 e. The van der Waals surface area contributed by atoms with Crippen LogP contribution in [0.2, 0.25) is 0 Å². The first-order valence-corrected chi connectivity index (χ1v) is 10.2. The Hall–Kier alpha value is -1.04. The SMILES string of the molecule is O=C1CNCCN1CCCN1CCC2(CC1)SCc1ccccc12. The smallest absolute Gasteiger partial charge is 0.236 e. The fourth-order valence-electron chi connectivity index (χ4n) is 4.30. The first kappa shape index (κ1) is 16.4. The summed E-state index contributed by atoms with van der Waals surface area (Å²) in [5, 5.41) is 3.14. The lowest BCUT2D eigenvalue weighted by Crippen LogP contribution is -2.49. The van der Waals surface area contributed by atoms with Gasteiger partial charge in [-0.25, -0.2) is 0 Å². The molecule has 3 aliphatic heterocycles. The van der Waals surface area contributed by atoms with Gasteiger partial charge in [-0.05, 0) is 50.0 Å². The Kier molecular flexibility index (Phi) is 4.83. The second kappa shape index (κ2) is 7.06. The second-order valence-electron chi connectivity index (χ2n) is 7.19. The minimum absolute atomic E-state index is 0.262. The summed E-state index contributed by atoms with van der Waals surface area (Å²) in [6.45, 7) is 6.75. The molecule has 24 heavy (non-hydrogen) atoms. The zero-order valence-corrected chi connectivity index (χ0v) is 15.1. The van der Waals surface area contributed by atoms with E-state index < -0.39 is 0 Å². The van der Waals surface area contributed by atoms with Crippen molar-refractivity contribution in [1.29, 1.82) is 0 Å². The number of hydrogen-bond donors (Lipinski definition) is 1. The van der Waals surface area contributed by atoms with Crippen LogP contribution in [0.4, 0.5) is 0 Å². The summed E-state index contributed by atoms with van der Waals surface area (Å²) in [5.74, 6) is 1.44. The maximum absolute atomic E-state index is 11.8. The summed E-state index contributed by atoms with van der Waals surface area (Å²) in [6.07, 6.45) is 3.63. The van der Waals surface area contributed by atoms with Crippen LogP contribution in [0.15, 0.2) is 24.3 Å². The quantitative estimate of drug-likeness (QED) is 0.906. The maximum Gasteiger partial charge on any atom is 0.236 e. The van der Waals surface area contributed by atoms with E-state index in [1.165, 1.54) is 31.7 Å². The molecule has 1 amide bonds. The molecule has 5 heteroatoms. The van der Waals surface area contributed by atoms with Gasteiger partial charge in [0.1, 0.15) is 0 Å². The van der Waals surface area contributed by atoms with E-state index in [1.54, 1.807) is 11.1 Å². The number of piperazine rings is 1. The molecule has 3 heterocycles. The summed E-state index contributed by atoms with van der Waals surface area (Å²) in [4.78, 5) is 16.4. The van der Waals surface area contributed by atoms with E-state index in [0.717, 1.165) is 32.6 Å². The topological polar surface area (TPSA) is 35.6 Å². The lowest BCUT2D eigenvalue weighted by atomic mass is 9.86. The number of fused-ring (bicyclic) bond motifs is 2. The number of carbonyl (C=O) groups excluding carboxylic acids is 1. The van der Waals surface area contributed by atoms with Gasteiger partial charge < -0.3 is 15.1 Å². The normalized spacial score (nSPS) is 23.7. The number of nitrogens with one attached hydrogen (secondary N) is 1. The van der Waals surface area contributed by atoms with Gasteiger partial charge in [-0.1, -0.05) is 24.3 Å². The van der Waals surface area contributed by atoms with Gasteiger partial charge in [-0.3, -0.25) is 4.79 Å². The Labute approximate surface area is 149 Å². The first-order valence-electron chi connectivity index (χ1n) is 9.20. The molecule has 0 radical (unpaired) electrons. The fraction of sp³-hybridized carbons (Fsp3) is 0.632. The largest absolute Gasteiger partial charge is 0.340 e. The third-order valence-corrected chi connectivity index (χ3v) is 7.40. The molecule has 0 aliphatic carbocycles. The average Bonchev–Trinajstić information content (AvgIpc) is 2.97. The average molecular weight is 346 g/mol. The summed E-state index contributed by atoms with van der Waals surface area (Å²) in [6, 6.07) is 9.02. The lowest BCUT2D eigenvalue weighted by Gasteiger charge is -2.39. The summed E-state index contributed by atoms with van der Waals surface area (Å²) in [7, 11) is 0. The van der Waals surface area contributed by atoms with E-state index in [9.17, 15) is 4.79 Å². The van der Waals surface area contributed by atoms with Crippen molar-refractivity contribution in [3.63, 3.8) is 0 Å². The van der Waals surface area contributed by atoms with E-state index in [0.29, 0.717) is 11.3 Å². The van der Waals surface area contributed by atoms with Crippen LogP contribution in [0.25, 0.3) is 0 Å². The van der Waals surface area contributed by atoms with Gasteiger partial charge in [0.15, 0.2) is 0 Å². The van der Waals surface area contributed by atoms with Gasteiger partial charge in [0.2, 0.25) is 5.91 Å². The predicted octanol–water partition coefficient (Wildman–Crippen LogP) is 2.05. The van der Waals surface area contributed by atoms with Crippen molar-refractivity contribution in [2.45, 2.75) is 29.8 Å². The molecule has 4 rings (SSSR count). The number of piperidine rings is 1. The maximum atomic E-state index is 11.8. The third kappa shape index (κ3) is 3.22. The van der Waals surface area contributed by atoms with Crippen molar-refractivity contribution >= 4 is 17.7 Å². The van der Waals surface area contributed by atoms with Gasteiger partial charge >= 0.3 is 0 Å². The second-order valence-corrected chi connectivity index (χ2v) is 8.55. The highest BCUT2D eigenvalue weighted by Gasteiger charge is 2.41. The molecule has 0 aromatic heterocycles.